The zero-order valence-electron chi connectivity index (χ0n) is 11.1. The van der Waals surface area contributed by atoms with Crippen LogP contribution in [0.1, 0.15) is 11.3 Å². The highest BCUT2D eigenvalue weighted by Crippen LogP contribution is 2.23. The van der Waals surface area contributed by atoms with E-state index < -0.39 is 0 Å². The van der Waals surface area contributed by atoms with Crippen LogP contribution in [0.2, 0.25) is 0 Å². The third kappa shape index (κ3) is 2.65. The Labute approximate surface area is 121 Å². The quantitative estimate of drug-likeness (QED) is 0.740. The first-order valence-corrected chi connectivity index (χ1v) is 6.41. The van der Waals surface area contributed by atoms with Crippen LogP contribution in [0.5, 0.6) is 0 Å². The van der Waals surface area contributed by atoms with Gasteiger partial charge in [-0.3, -0.25) is 0 Å². The third-order valence-electron chi connectivity index (χ3n) is 3.13. The van der Waals surface area contributed by atoms with Gasteiger partial charge in [0.1, 0.15) is 17.6 Å². The first kappa shape index (κ1) is 13.0. The van der Waals surface area contributed by atoms with E-state index in [0.29, 0.717) is 17.8 Å². The van der Waals surface area contributed by atoms with E-state index in [1.165, 1.54) is 12.1 Å². The van der Waals surface area contributed by atoms with Crippen LogP contribution in [0.25, 0.3) is 11.3 Å². The molecule has 0 aliphatic rings. The minimum Gasteiger partial charge on any atom is -0.239 e. The molecule has 0 aliphatic carbocycles. The molecule has 0 amide bonds. The van der Waals surface area contributed by atoms with E-state index in [1.54, 1.807) is 16.8 Å². The summed E-state index contributed by atoms with van der Waals surface area (Å²) in [6.07, 6.45) is 0. The number of rotatable bonds is 3. The van der Waals surface area contributed by atoms with Gasteiger partial charge in [-0.15, -0.1) is 5.10 Å². The van der Waals surface area contributed by atoms with Crippen molar-refractivity contribution in [1.29, 1.82) is 5.26 Å². The lowest BCUT2D eigenvalue weighted by molar-refractivity contribution is 0.627. The molecule has 21 heavy (non-hydrogen) atoms. The van der Waals surface area contributed by atoms with E-state index in [2.05, 4.69) is 10.3 Å². The predicted octanol–water partition coefficient (Wildman–Crippen LogP) is 3.00. The first-order valence-electron chi connectivity index (χ1n) is 6.41. The Bertz CT molecular complexity index is 785. The lowest BCUT2D eigenvalue weighted by Gasteiger charge is -2.07. The number of hydrogen-bond acceptors (Lipinski definition) is 3. The number of nitriles is 1. The van der Waals surface area contributed by atoms with Crippen molar-refractivity contribution >= 4 is 0 Å². The van der Waals surface area contributed by atoms with Crippen molar-refractivity contribution in [3.8, 4) is 17.3 Å². The molecule has 0 atom stereocenters. The van der Waals surface area contributed by atoms with Gasteiger partial charge in [-0.1, -0.05) is 35.5 Å². The van der Waals surface area contributed by atoms with E-state index in [0.717, 1.165) is 5.56 Å². The topological polar surface area (TPSA) is 54.5 Å². The highest BCUT2D eigenvalue weighted by molar-refractivity contribution is 5.64. The van der Waals surface area contributed by atoms with Crippen molar-refractivity contribution in [2.24, 2.45) is 0 Å². The molecule has 0 spiro atoms. The molecule has 0 unspecified atom stereocenters. The second-order valence-corrected chi connectivity index (χ2v) is 4.55. The molecule has 0 saturated heterocycles. The Hall–Kier alpha value is -3.00. The monoisotopic (exact) mass is 278 g/mol. The molecule has 0 saturated carbocycles. The first-order chi connectivity index (χ1) is 10.3. The molecule has 1 heterocycles. The van der Waals surface area contributed by atoms with Gasteiger partial charge in [-0.25, -0.2) is 9.07 Å². The molecule has 0 N–H and O–H groups in total. The van der Waals surface area contributed by atoms with Crippen LogP contribution >= 0.6 is 0 Å². The van der Waals surface area contributed by atoms with Gasteiger partial charge in [-0.2, -0.15) is 5.26 Å². The molecule has 0 aliphatic heterocycles. The second kappa shape index (κ2) is 5.55. The van der Waals surface area contributed by atoms with Crippen LogP contribution in [-0.4, -0.2) is 15.0 Å². The van der Waals surface area contributed by atoms with Gasteiger partial charge < -0.3 is 0 Å². The Kier molecular flexibility index (Phi) is 3.44. The molecular weight excluding hydrogens is 267 g/mol. The molecule has 1 aromatic heterocycles. The molecule has 3 rings (SSSR count). The number of nitrogens with zero attached hydrogens (tertiary/aromatic N) is 4. The summed E-state index contributed by atoms with van der Waals surface area (Å²) in [7, 11) is 0. The second-order valence-electron chi connectivity index (χ2n) is 4.55. The highest BCUT2D eigenvalue weighted by Gasteiger charge is 2.15. The fourth-order valence-electron chi connectivity index (χ4n) is 2.15. The fraction of sp³-hybridized carbons (Fsp3) is 0.0625. The summed E-state index contributed by atoms with van der Waals surface area (Å²) in [5, 5.41) is 17.1. The van der Waals surface area contributed by atoms with Gasteiger partial charge in [0, 0.05) is 5.56 Å². The Balaban J connectivity index is 2.04. The number of aromatic nitrogens is 3. The van der Waals surface area contributed by atoms with Crippen molar-refractivity contribution < 1.29 is 4.39 Å². The lowest BCUT2D eigenvalue weighted by Crippen LogP contribution is -2.04. The molecule has 5 heteroatoms. The van der Waals surface area contributed by atoms with Crippen LogP contribution in [0.4, 0.5) is 4.39 Å². The van der Waals surface area contributed by atoms with Crippen molar-refractivity contribution in [3.05, 3.63) is 71.7 Å². The standard InChI is InChI=1S/C16H11FN4/c17-14-8-6-13(7-9-14)16-15(10-18)19-20-21(16)11-12-4-2-1-3-5-12/h1-9H,11H2. The summed E-state index contributed by atoms with van der Waals surface area (Å²) < 4.78 is 14.7. The smallest absolute Gasteiger partial charge is 0.190 e. The van der Waals surface area contributed by atoms with Crippen LogP contribution in [0, 0.1) is 17.1 Å². The van der Waals surface area contributed by atoms with Crippen molar-refractivity contribution in [1.82, 2.24) is 15.0 Å². The summed E-state index contributed by atoms with van der Waals surface area (Å²) in [5.74, 6) is -0.320. The number of hydrogen-bond donors (Lipinski definition) is 0. The van der Waals surface area contributed by atoms with Crippen LogP contribution in [0.3, 0.4) is 0 Å². The zero-order valence-corrected chi connectivity index (χ0v) is 11.1. The number of halogens is 1. The normalized spacial score (nSPS) is 10.3. The summed E-state index contributed by atoms with van der Waals surface area (Å²) in [6.45, 7) is 0.502. The molecule has 102 valence electrons. The molecule has 4 nitrogen and oxygen atoms in total. The molecule has 0 radical (unpaired) electrons. The van der Waals surface area contributed by atoms with Crippen LogP contribution in [-0.2, 0) is 6.54 Å². The van der Waals surface area contributed by atoms with E-state index in [-0.39, 0.29) is 11.5 Å². The largest absolute Gasteiger partial charge is 0.239 e. The van der Waals surface area contributed by atoms with E-state index in [9.17, 15) is 9.65 Å². The Morgan fingerprint density at radius 3 is 2.43 bits per heavy atom. The minimum atomic E-state index is -0.320. The summed E-state index contributed by atoms with van der Waals surface area (Å²) in [4.78, 5) is 0. The van der Waals surface area contributed by atoms with Gasteiger partial charge in [0.15, 0.2) is 5.69 Å². The maximum Gasteiger partial charge on any atom is 0.190 e. The average molecular weight is 278 g/mol. The summed E-state index contributed by atoms with van der Waals surface area (Å²) in [5.41, 5.74) is 2.60. The molecule has 0 fully saturated rings. The summed E-state index contributed by atoms with van der Waals surface area (Å²) >= 11 is 0. The zero-order chi connectivity index (χ0) is 14.7. The molecule has 0 bridgehead atoms. The maximum atomic E-state index is 13.1. The third-order valence-corrected chi connectivity index (χ3v) is 3.13. The van der Waals surface area contributed by atoms with Crippen molar-refractivity contribution in [2.75, 3.05) is 0 Å². The van der Waals surface area contributed by atoms with Gasteiger partial charge in [0.2, 0.25) is 0 Å². The van der Waals surface area contributed by atoms with Gasteiger partial charge >= 0.3 is 0 Å². The lowest BCUT2D eigenvalue weighted by atomic mass is 10.1. The highest BCUT2D eigenvalue weighted by atomic mass is 19.1. The van der Waals surface area contributed by atoms with Crippen LogP contribution in [0.15, 0.2) is 54.6 Å². The Morgan fingerprint density at radius 1 is 1.05 bits per heavy atom. The van der Waals surface area contributed by atoms with E-state index >= 15 is 0 Å². The van der Waals surface area contributed by atoms with Crippen molar-refractivity contribution in [2.45, 2.75) is 6.54 Å². The number of benzene rings is 2. The maximum absolute atomic E-state index is 13.1. The van der Waals surface area contributed by atoms with E-state index in [4.69, 9.17) is 0 Å². The SMILES string of the molecule is N#Cc1nnn(Cc2ccccc2)c1-c1ccc(F)cc1. The molecular formula is C16H11FN4. The van der Waals surface area contributed by atoms with Gasteiger partial charge in [0.05, 0.1) is 6.54 Å². The van der Waals surface area contributed by atoms with Crippen LogP contribution < -0.4 is 0 Å². The van der Waals surface area contributed by atoms with E-state index in [1.807, 2.05) is 36.4 Å². The molecule has 2 aromatic carbocycles. The Morgan fingerprint density at radius 2 is 1.76 bits per heavy atom. The summed E-state index contributed by atoms with van der Waals surface area (Å²) in [6, 6.07) is 17.7. The van der Waals surface area contributed by atoms with Gasteiger partial charge in [-0.05, 0) is 29.8 Å². The molecule has 3 aromatic rings. The van der Waals surface area contributed by atoms with Gasteiger partial charge in [0.25, 0.3) is 0 Å². The minimum absolute atomic E-state index is 0.234. The average Bonchev–Trinajstić information content (AvgIpc) is 2.92. The fourth-order valence-corrected chi connectivity index (χ4v) is 2.15. The van der Waals surface area contributed by atoms with Crippen molar-refractivity contribution in [3.63, 3.8) is 0 Å². The predicted molar refractivity (Wildman–Crippen MR) is 75.7 cm³/mol.